The first-order chi connectivity index (χ1) is 19.4. The van der Waals surface area contributed by atoms with Gasteiger partial charge in [-0.25, -0.2) is 0 Å². The van der Waals surface area contributed by atoms with Crippen molar-refractivity contribution in [3.8, 4) is 11.5 Å². The van der Waals surface area contributed by atoms with E-state index >= 15 is 0 Å². The van der Waals surface area contributed by atoms with Crippen LogP contribution in [-0.4, -0.2) is 77.7 Å². The van der Waals surface area contributed by atoms with Gasteiger partial charge >= 0.3 is 0 Å². The van der Waals surface area contributed by atoms with E-state index in [4.69, 9.17) is 14.2 Å². The average molecular weight is 551 g/mol. The van der Waals surface area contributed by atoms with Gasteiger partial charge in [-0.2, -0.15) is 0 Å². The van der Waals surface area contributed by atoms with Crippen LogP contribution in [0.4, 0.5) is 0 Å². The molecule has 2 aromatic carbocycles. The number of aromatic nitrogens is 1. The lowest BCUT2D eigenvalue weighted by atomic mass is 9.91. The van der Waals surface area contributed by atoms with Gasteiger partial charge in [-0.05, 0) is 52.9 Å². The largest absolute Gasteiger partial charge is 0.493 e. The molecule has 40 heavy (non-hydrogen) atoms. The first kappa shape index (κ1) is 29.5. The number of nitrogens with zero attached hydrogens (tertiary/aromatic N) is 2. The lowest BCUT2D eigenvalue weighted by molar-refractivity contribution is -0.0621. The van der Waals surface area contributed by atoms with Crippen LogP contribution in [0.1, 0.15) is 45.6 Å². The summed E-state index contributed by atoms with van der Waals surface area (Å²) in [5, 5.41) is 28.3. The monoisotopic (exact) mass is 550 g/mol. The quantitative estimate of drug-likeness (QED) is 0.280. The SMILES string of the molecule is CCc1ccc(COc2ccc(C3CN(C(=O)c4cc(COCC(CO)(CO)CO)ccn4)C3)cc2OC)cc1. The van der Waals surface area contributed by atoms with E-state index in [9.17, 15) is 20.1 Å². The third kappa shape index (κ3) is 6.98. The highest BCUT2D eigenvalue weighted by Crippen LogP contribution is 2.35. The number of aliphatic hydroxyl groups excluding tert-OH is 3. The van der Waals surface area contributed by atoms with Crippen molar-refractivity contribution >= 4 is 5.91 Å². The molecule has 9 heteroatoms. The molecule has 0 atom stereocenters. The summed E-state index contributed by atoms with van der Waals surface area (Å²) in [5.41, 5.74) is 3.42. The molecule has 1 aromatic heterocycles. The molecule has 1 saturated heterocycles. The van der Waals surface area contributed by atoms with Crippen molar-refractivity contribution in [3.63, 3.8) is 0 Å². The van der Waals surface area contributed by atoms with Gasteiger partial charge in [-0.3, -0.25) is 9.78 Å². The summed E-state index contributed by atoms with van der Waals surface area (Å²) >= 11 is 0. The number of carbonyl (C=O) groups is 1. The Bertz CT molecular complexity index is 1250. The van der Waals surface area contributed by atoms with E-state index in [1.807, 2.05) is 18.2 Å². The molecule has 4 rings (SSSR count). The highest BCUT2D eigenvalue weighted by atomic mass is 16.5. The van der Waals surface area contributed by atoms with Gasteiger partial charge in [0.2, 0.25) is 0 Å². The van der Waals surface area contributed by atoms with Gasteiger partial charge in [0.1, 0.15) is 12.3 Å². The Labute approximate surface area is 235 Å². The molecule has 3 aromatic rings. The Morgan fingerprint density at radius 1 is 0.925 bits per heavy atom. The molecule has 2 heterocycles. The number of pyridine rings is 1. The predicted molar refractivity (Wildman–Crippen MR) is 149 cm³/mol. The highest BCUT2D eigenvalue weighted by molar-refractivity contribution is 5.93. The summed E-state index contributed by atoms with van der Waals surface area (Å²) in [6.45, 7) is 2.67. The third-order valence-corrected chi connectivity index (χ3v) is 7.38. The Balaban J connectivity index is 1.30. The van der Waals surface area contributed by atoms with Gasteiger partial charge in [-0.1, -0.05) is 37.3 Å². The molecule has 1 fully saturated rings. The number of rotatable bonds is 14. The second kappa shape index (κ2) is 13.7. The van der Waals surface area contributed by atoms with E-state index in [1.54, 1.807) is 30.3 Å². The number of benzene rings is 2. The van der Waals surface area contributed by atoms with Crippen LogP contribution in [0, 0.1) is 5.41 Å². The third-order valence-electron chi connectivity index (χ3n) is 7.38. The number of methoxy groups -OCH3 is 1. The summed E-state index contributed by atoms with van der Waals surface area (Å²) in [7, 11) is 1.62. The smallest absolute Gasteiger partial charge is 0.272 e. The van der Waals surface area contributed by atoms with Crippen LogP contribution in [0.5, 0.6) is 11.5 Å². The molecule has 214 valence electrons. The van der Waals surface area contributed by atoms with E-state index in [1.165, 1.54) is 5.56 Å². The van der Waals surface area contributed by atoms with E-state index < -0.39 is 25.2 Å². The van der Waals surface area contributed by atoms with Crippen molar-refractivity contribution in [1.29, 1.82) is 0 Å². The molecule has 0 aliphatic carbocycles. The predicted octanol–water partition coefficient (Wildman–Crippen LogP) is 2.95. The maximum atomic E-state index is 13.0. The van der Waals surface area contributed by atoms with Crippen molar-refractivity contribution in [2.45, 2.75) is 32.5 Å². The van der Waals surface area contributed by atoms with Gasteiger partial charge < -0.3 is 34.4 Å². The number of hydrogen-bond donors (Lipinski definition) is 3. The molecule has 1 aliphatic heterocycles. The standard InChI is InChI=1S/C31H38N2O7/c1-3-22-4-6-23(7-5-22)17-40-28-9-8-25(13-29(28)38-2)26-14-33(15-26)30(37)27-12-24(10-11-32-27)16-39-21-31(18-34,19-35)20-36/h4-13,26,34-36H,3,14-21H2,1-2H3. The van der Waals surface area contributed by atoms with E-state index in [0.29, 0.717) is 36.9 Å². The Kier molecular flexibility index (Phi) is 10.1. The van der Waals surface area contributed by atoms with Gasteiger partial charge in [0, 0.05) is 25.2 Å². The molecule has 0 unspecified atom stereocenters. The second-order valence-corrected chi connectivity index (χ2v) is 10.3. The van der Waals surface area contributed by atoms with Gasteiger partial charge in [0.05, 0.1) is 45.6 Å². The van der Waals surface area contributed by atoms with Crippen LogP contribution in [-0.2, 0) is 24.4 Å². The molecular formula is C31H38N2O7. The van der Waals surface area contributed by atoms with Crippen molar-refractivity contribution in [2.24, 2.45) is 5.41 Å². The maximum absolute atomic E-state index is 13.0. The molecular weight excluding hydrogens is 512 g/mol. The van der Waals surface area contributed by atoms with Crippen LogP contribution in [0.2, 0.25) is 0 Å². The average Bonchev–Trinajstić information content (AvgIpc) is 2.98. The Morgan fingerprint density at radius 2 is 1.62 bits per heavy atom. The minimum atomic E-state index is -1.11. The summed E-state index contributed by atoms with van der Waals surface area (Å²) < 4.78 is 17.2. The molecule has 0 bridgehead atoms. The number of aryl methyl sites for hydroxylation is 1. The van der Waals surface area contributed by atoms with Crippen LogP contribution in [0.15, 0.2) is 60.8 Å². The lowest BCUT2D eigenvalue weighted by Crippen LogP contribution is -2.48. The number of amides is 1. The van der Waals surface area contributed by atoms with Crippen molar-refractivity contribution in [3.05, 3.63) is 88.7 Å². The van der Waals surface area contributed by atoms with Gasteiger partial charge in [0.25, 0.3) is 5.91 Å². The molecule has 0 spiro atoms. The number of carbonyl (C=O) groups excluding carboxylic acids is 1. The number of ether oxygens (including phenoxy) is 3. The van der Waals surface area contributed by atoms with Crippen molar-refractivity contribution in [1.82, 2.24) is 9.88 Å². The van der Waals surface area contributed by atoms with Crippen LogP contribution >= 0.6 is 0 Å². The first-order valence-electron chi connectivity index (χ1n) is 13.5. The minimum absolute atomic E-state index is 0.0186. The summed E-state index contributed by atoms with van der Waals surface area (Å²) in [5.74, 6) is 1.36. The van der Waals surface area contributed by atoms with Crippen LogP contribution < -0.4 is 9.47 Å². The van der Waals surface area contributed by atoms with E-state index in [0.717, 1.165) is 23.1 Å². The number of hydrogen-bond acceptors (Lipinski definition) is 8. The molecule has 9 nitrogen and oxygen atoms in total. The highest BCUT2D eigenvalue weighted by Gasteiger charge is 2.33. The fraction of sp³-hybridized carbons (Fsp3) is 0.419. The fourth-order valence-corrected chi connectivity index (χ4v) is 4.46. The summed E-state index contributed by atoms with van der Waals surface area (Å²) in [4.78, 5) is 19.0. The summed E-state index contributed by atoms with van der Waals surface area (Å²) in [6, 6.07) is 17.7. The fourth-order valence-electron chi connectivity index (χ4n) is 4.46. The number of aliphatic hydroxyl groups is 3. The second-order valence-electron chi connectivity index (χ2n) is 10.3. The van der Waals surface area contributed by atoms with Gasteiger partial charge in [0.15, 0.2) is 11.5 Å². The van der Waals surface area contributed by atoms with Crippen LogP contribution in [0.25, 0.3) is 0 Å². The topological polar surface area (TPSA) is 122 Å². The molecule has 1 aliphatic rings. The molecule has 3 N–H and O–H groups in total. The minimum Gasteiger partial charge on any atom is -0.493 e. The van der Waals surface area contributed by atoms with Crippen molar-refractivity contribution in [2.75, 3.05) is 46.6 Å². The Hall–Kier alpha value is -3.50. The molecule has 1 amide bonds. The first-order valence-corrected chi connectivity index (χ1v) is 13.5. The van der Waals surface area contributed by atoms with E-state index in [-0.39, 0.29) is 25.0 Å². The lowest BCUT2D eigenvalue weighted by Gasteiger charge is -2.39. The van der Waals surface area contributed by atoms with Crippen LogP contribution in [0.3, 0.4) is 0 Å². The number of likely N-dealkylation sites (tertiary alicyclic amines) is 1. The summed E-state index contributed by atoms with van der Waals surface area (Å²) in [6.07, 6.45) is 2.56. The molecule has 0 radical (unpaired) electrons. The zero-order valence-electron chi connectivity index (χ0n) is 23.1. The van der Waals surface area contributed by atoms with Crippen molar-refractivity contribution < 1.29 is 34.3 Å². The molecule has 0 saturated carbocycles. The zero-order chi connectivity index (χ0) is 28.5. The maximum Gasteiger partial charge on any atom is 0.272 e. The van der Waals surface area contributed by atoms with Gasteiger partial charge in [-0.15, -0.1) is 0 Å². The zero-order valence-corrected chi connectivity index (χ0v) is 23.1. The normalized spacial score (nSPS) is 13.7. The van der Waals surface area contributed by atoms with E-state index in [2.05, 4.69) is 36.2 Å². The Morgan fingerprint density at radius 3 is 2.27 bits per heavy atom.